The monoisotopic (exact) mass is 349 g/mol. The van der Waals surface area contributed by atoms with E-state index in [-0.39, 0.29) is 11.8 Å². The van der Waals surface area contributed by atoms with Crippen LogP contribution in [0.1, 0.15) is 17.7 Å². The van der Waals surface area contributed by atoms with E-state index in [9.17, 15) is 4.79 Å². The van der Waals surface area contributed by atoms with Crippen LogP contribution in [-0.4, -0.2) is 35.9 Å². The molecule has 0 radical (unpaired) electrons. The summed E-state index contributed by atoms with van der Waals surface area (Å²) in [5.41, 5.74) is 1.86. The minimum absolute atomic E-state index is 0.0875. The molecule has 1 aliphatic heterocycles. The van der Waals surface area contributed by atoms with Gasteiger partial charge in [0.05, 0.1) is 5.69 Å². The van der Waals surface area contributed by atoms with E-state index in [2.05, 4.69) is 22.2 Å². The highest BCUT2D eigenvalue weighted by molar-refractivity contribution is 7.16. The van der Waals surface area contributed by atoms with Crippen molar-refractivity contribution in [3.63, 3.8) is 0 Å². The standard InChI is InChI=1S/C17H20ClN3OS/c1-11-15(13-4-3-5-14(18)10-13)19-17(23-11)20-16(22)12-6-8-21(2)9-7-12/h3-5,10,12H,6-9H2,1-2H3,(H,19,20,22). The average Bonchev–Trinajstić information content (AvgIpc) is 2.88. The van der Waals surface area contributed by atoms with Gasteiger partial charge >= 0.3 is 0 Å². The molecule has 1 saturated heterocycles. The molecule has 0 atom stereocenters. The summed E-state index contributed by atoms with van der Waals surface area (Å²) < 4.78 is 0. The van der Waals surface area contributed by atoms with Crippen molar-refractivity contribution in [2.45, 2.75) is 19.8 Å². The summed E-state index contributed by atoms with van der Waals surface area (Å²) in [7, 11) is 2.09. The van der Waals surface area contributed by atoms with Gasteiger partial charge in [0.15, 0.2) is 5.13 Å². The Bertz CT molecular complexity index is 708. The lowest BCUT2D eigenvalue weighted by Crippen LogP contribution is -2.35. The van der Waals surface area contributed by atoms with E-state index in [0.29, 0.717) is 10.2 Å². The summed E-state index contributed by atoms with van der Waals surface area (Å²) >= 11 is 7.56. The Hall–Kier alpha value is -1.43. The molecule has 0 bridgehead atoms. The first-order valence-electron chi connectivity index (χ1n) is 7.75. The lowest BCUT2D eigenvalue weighted by molar-refractivity contribution is -0.121. The molecule has 2 heterocycles. The molecular weight excluding hydrogens is 330 g/mol. The van der Waals surface area contributed by atoms with Gasteiger partial charge in [-0.25, -0.2) is 4.98 Å². The van der Waals surface area contributed by atoms with Gasteiger partial charge in [-0.2, -0.15) is 0 Å². The van der Waals surface area contributed by atoms with Crippen LogP contribution in [0.15, 0.2) is 24.3 Å². The lowest BCUT2D eigenvalue weighted by Gasteiger charge is -2.27. The molecule has 0 saturated carbocycles. The van der Waals surface area contributed by atoms with Gasteiger partial charge in [0, 0.05) is 21.4 Å². The Balaban J connectivity index is 1.72. The van der Waals surface area contributed by atoms with E-state index < -0.39 is 0 Å². The first-order valence-corrected chi connectivity index (χ1v) is 8.95. The van der Waals surface area contributed by atoms with Gasteiger partial charge in [-0.1, -0.05) is 23.7 Å². The Morgan fingerprint density at radius 3 is 2.83 bits per heavy atom. The van der Waals surface area contributed by atoms with Crippen LogP contribution in [-0.2, 0) is 4.79 Å². The van der Waals surface area contributed by atoms with Crippen molar-refractivity contribution in [3.05, 3.63) is 34.2 Å². The molecule has 6 heteroatoms. The third-order valence-corrected chi connectivity index (χ3v) is 5.34. The van der Waals surface area contributed by atoms with Crippen molar-refractivity contribution >= 4 is 34.0 Å². The van der Waals surface area contributed by atoms with Gasteiger partial charge in [0.1, 0.15) is 0 Å². The molecule has 0 unspecified atom stereocenters. The molecule has 4 nitrogen and oxygen atoms in total. The van der Waals surface area contributed by atoms with Crippen molar-refractivity contribution < 1.29 is 4.79 Å². The highest BCUT2D eigenvalue weighted by atomic mass is 35.5. The molecule has 3 rings (SSSR count). The molecule has 1 aromatic carbocycles. The minimum Gasteiger partial charge on any atom is -0.306 e. The second-order valence-electron chi connectivity index (χ2n) is 6.00. The number of carbonyl (C=O) groups excluding carboxylic acids is 1. The largest absolute Gasteiger partial charge is 0.306 e. The van der Waals surface area contributed by atoms with E-state index in [0.717, 1.165) is 42.1 Å². The van der Waals surface area contributed by atoms with Crippen LogP contribution in [0.3, 0.4) is 0 Å². The molecule has 1 amide bonds. The number of aryl methyl sites for hydroxylation is 1. The number of nitrogens with zero attached hydrogens (tertiary/aromatic N) is 2. The fourth-order valence-corrected chi connectivity index (χ4v) is 3.86. The molecule has 122 valence electrons. The summed E-state index contributed by atoms with van der Waals surface area (Å²) in [6, 6.07) is 7.63. The van der Waals surface area contributed by atoms with Crippen LogP contribution in [0.4, 0.5) is 5.13 Å². The predicted octanol–water partition coefficient (Wildman–Crippen LogP) is 4.05. The smallest absolute Gasteiger partial charge is 0.229 e. The van der Waals surface area contributed by atoms with Gasteiger partial charge < -0.3 is 10.2 Å². The topological polar surface area (TPSA) is 45.2 Å². The number of aromatic nitrogens is 1. The number of likely N-dealkylation sites (tertiary alicyclic amines) is 1. The van der Waals surface area contributed by atoms with Crippen LogP contribution in [0.2, 0.25) is 5.02 Å². The van der Waals surface area contributed by atoms with Crippen LogP contribution in [0.5, 0.6) is 0 Å². The Kier molecular flexibility index (Phi) is 4.99. The van der Waals surface area contributed by atoms with Gasteiger partial charge in [-0.3, -0.25) is 4.79 Å². The van der Waals surface area contributed by atoms with Crippen molar-refractivity contribution in [1.82, 2.24) is 9.88 Å². The molecule has 2 aromatic rings. The van der Waals surface area contributed by atoms with Crippen LogP contribution in [0.25, 0.3) is 11.3 Å². The predicted molar refractivity (Wildman–Crippen MR) is 96.1 cm³/mol. The highest BCUT2D eigenvalue weighted by Crippen LogP contribution is 2.32. The first-order chi connectivity index (χ1) is 11.0. The van der Waals surface area contributed by atoms with E-state index in [1.54, 1.807) is 0 Å². The number of anilines is 1. The normalized spacial score (nSPS) is 16.5. The number of hydrogen-bond donors (Lipinski definition) is 1. The third-order valence-electron chi connectivity index (χ3n) is 4.21. The van der Waals surface area contributed by atoms with Gasteiger partial charge in [0.2, 0.25) is 5.91 Å². The summed E-state index contributed by atoms with van der Waals surface area (Å²) in [6.07, 6.45) is 1.82. The fourth-order valence-electron chi connectivity index (χ4n) is 2.83. The third kappa shape index (κ3) is 3.91. The number of halogens is 1. The van der Waals surface area contributed by atoms with E-state index in [4.69, 9.17) is 11.6 Å². The Morgan fingerprint density at radius 1 is 1.39 bits per heavy atom. The molecule has 1 fully saturated rings. The molecule has 1 aromatic heterocycles. The number of piperidine rings is 1. The SMILES string of the molecule is Cc1sc(NC(=O)C2CCN(C)CC2)nc1-c1cccc(Cl)c1. The number of thiazole rings is 1. The van der Waals surface area contributed by atoms with Crippen molar-refractivity contribution in [1.29, 1.82) is 0 Å². The van der Waals surface area contributed by atoms with Crippen LogP contribution >= 0.6 is 22.9 Å². The second kappa shape index (κ2) is 6.99. The van der Waals surface area contributed by atoms with E-state index >= 15 is 0 Å². The van der Waals surface area contributed by atoms with Crippen LogP contribution in [0, 0.1) is 12.8 Å². The highest BCUT2D eigenvalue weighted by Gasteiger charge is 2.24. The quantitative estimate of drug-likeness (QED) is 0.909. The minimum atomic E-state index is 0.0875. The lowest BCUT2D eigenvalue weighted by atomic mass is 9.96. The average molecular weight is 350 g/mol. The number of amides is 1. The molecule has 0 aliphatic carbocycles. The molecule has 1 aliphatic rings. The zero-order chi connectivity index (χ0) is 16.4. The zero-order valence-electron chi connectivity index (χ0n) is 13.3. The summed E-state index contributed by atoms with van der Waals surface area (Å²) in [6.45, 7) is 3.96. The van der Waals surface area contributed by atoms with Crippen LogP contribution < -0.4 is 5.32 Å². The number of carbonyl (C=O) groups is 1. The number of benzene rings is 1. The van der Waals surface area contributed by atoms with Crippen molar-refractivity contribution in [2.75, 3.05) is 25.5 Å². The Morgan fingerprint density at radius 2 is 2.13 bits per heavy atom. The first kappa shape index (κ1) is 16.4. The summed E-state index contributed by atoms with van der Waals surface area (Å²) in [5, 5.41) is 4.34. The molecule has 1 N–H and O–H groups in total. The van der Waals surface area contributed by atoms with Crippen molar-refractivity contribution in [2.24, 2.45) is 5.92 Å². The maximum Gasteiger partial charge on any atom is 0.229 e. The van der Waals surface area contributed by atoms with Gasteiger partial charge in [-0.15, -0.1) is 11.3 Å². The molecule has 23 heavy (non-hydrogen) atoms. The van der Waals surface area contributed by atoms with E-state index in [1.807, 2.05) is 31.2 Å². The number of nitrogens with one attached hydrogen (secondary N) is 1. The summed E-state index contributed by atoms with van der Waals surface area (Å²) in [4.78, 5) is 20.3. The van der Waals surface area contributed by atoms with Crippen molar-refractivity contribution in [3.8, 4) is 11.3 Å². The summed E-state index contributed by atoms with van der Waals surface area (Å²) in [5.74, 6) is 0.175. The molecular formula is C17H20ClN3OS. The maximum atomic E-state index is 12.4. The van der Waals surface area contributed by atoms with Gasteiger partial charge in [-0.05, 0) is 52.0 Å². The maximum absolute atomic E-state index is 12.4. The van der Waals surface area contributed by atoms with E-state index in [1.165, 1.54) is 11.3 Å². The second-order valence-corrected chi connectivity index (χ2v) is 7.64. The Labute approximate surface area is 145 Å². The fraction of sp³-hybridized carbons (Fsp3) is 0.412. The zero-order valence-corrected chi connectivity index (χ0v) is 14.9. The number of rotatable bonds is 3. The number of hydrogen-bond acceptors (Lipinski definition) is 4. The molecule has 0 spiro atoms. The van der Waals surface area contributed by atoms with Gasteiger partial charge in [0.25, 0.3) is 0 Å².